The molecule has 5 nitrogen and oxygen atoms in total. The predicted octanol–water partition coefficient (Wildman–Crippen LogP) is -10.1. The van der Waals surface area contributed by atoms with Gasteiger partial charge in [-0.1, -0.05) is 35.7 Å². The van der Waals surface area contributed by atoms with Gasteiger partial charge in [0.2, 0.25) is 0 Å². The second-order valence-corrected chi connectivity index (χ2v) is 5.09. The molecule has 0 amide bonds. The average Bonchev–Trinajstić information content (AvgIpc) is 2.41. The molecule has 1 aliphatic carbocycles. The molecule has 23 heavy (non-hydrogen) atoms. The Hall–Kier alpha value is 0.892. The molecule has 1 N–H and O–H groups in total. The second-order valence-electron chi connectivity index (χ2n) is 4.33. The zero-order valence-electron chi connectivity index (χ0n) is 14.0. The Morgan fingerprint density at radius 3 is 2.13 bits per heavy atom. The molecule has 0 radical (unpaired) electrons. The van der Waals surface area contributed by atoms with Crippen LogP contribution in [0.1, 0.15) is 19.8 Å². The Labute approximate surface area is 182 Å². The van der Waals surface area contributed by atoms with Crippen molar-refractivity contribution in [3.8, 4) is 11.8 Å². The Kier molecular flexibility index (Phi) is 14.3. The van der Waals surface area contributed by atoms with E-state index in [1.807, 2.05) is 0 Å². The maximum atomic E-state index is 12.7. The van der Waals surface area contributed by atoms with Gasteiger partial charge < -0.3 is 25.2 Å². The van der Waals surface area contributed by atoms with E-state index >= 15 is 0 Å². The Balaban J connectivity index is -0.00000133. The van der Waals surface area contributed by atoms with Crippen molar-refractivity contribution in [1.82, 2.24) is 0 Å². The zero-order chi connectivity index (χ0) is 15.6. The van der Waals surface area contributed by atoms with Gasteiger partial charge in [0.15, 0.2) is 0 Å². The largest absolute Gasteiger partial charge is 1.00 e. The topological polar surface area (TPSA) is 98.6 Å². The molecule has 0 saturated heterocycles. The van der Waals surface area contributed by atoms with Crippen molar-refractivity contribution in [2.75, 3.05) is 13.7 Å². The third-order valence-electron chi connectivity index (χ3n) is 2.81. The number of hydrogen-bond donors (Lipinski definition) is 1. The van der Waals surface area contributed by atoms with Gasteiger partial charge in [-0.15, -0.1) is 17.6 Å². The van der Waals surface area contributed by atoms with Crippen molar-refractivity contribution in [3.63, 3.8) is 0 Å². The van der Waals surface area contributed by atoms with Crippen LogP contribution < -0.4 is 71.9 Å². The molecule has 0 aromatic rings. The van der Waals surface area contributed by atoms with Gasteiger partial charge >= 0.3 is 56.6 Å². The first-order valence-electron chi connectivity index (χ1n) is 5.77. The minimum absolute atomic E-state index is 0. The molecule has 0 heterocycles. The summed E-state index contributed by atoms with van der Waals surface area (Å²) in [5.74, 6) is 3.20. The first-order valence-corrected chi connectivity index (χ1v) is 6.53. The van der Waals surface area contributed by atoms with Gasteiger partial charge in [-0.3, -0.25) is 0 Å². The van der Waals surface area contributed by atoms with E-state index in [4.69, 9.17) is 33.0 Å². The van der Waals surface area contributed by atoms with Crippen LogP contribution in [0.5, 0.6) is 0 Å². The first kappa shape index (κ1) is 28.7. The van der Waals surface area contributed by atoms with E-state index in [9.17, 15) is 15.3 Å². The number of hydrogen-bond acceptors (Lipinski definition) is 5. The molecular weight excluding hydrogens is 328 g/mol. The summed E-state index contributed by atoms with van der Waals surface area (Å²) in [6.07, 6.45) is 0.607. The van der Waals surface area contributed by atoms with Crippen molar-refractivity contribution < 1.29 is 81.7 Å². The molecule has 112 valence electrons. The van der Waals surface area contributed by atoms with E-state index in [0.29, 0.717) is 6.42 Å². The molecule has 0 bridgehead atoms. The molecule has 0 spiro atoms. The van der Waals surface area contributed by atoms with Crippen LogP contribution in [0, 0.1) is 11.8 Å². The fourth-order valence-electron chi connectivity index (χ4n) is 1.64. The summed E-state index contributed by atoms with van der Waals surface area (Å²) in [5.41, 5.74) is -4.84. The van der Waals surface area contributed by atoms with E-state index in [0.717, 1.165) is 14.0 Å². The molecule has 1 aliphatic rings. The first-order chi connectivity index (χ1) is 9.23. The molecule has 0 aromatic carbocycles. The van der Waals surface area contributed by atoms with E-state index < -0.39 is 32.8 Å². The van der Waals surface area contributed by atoms with Gasteiger partial charge in [-0.2, -0.15) is 0 Å². The third-order valence-corrected chi connectivity index (χ3v) is 3.78. The molecule has 10 heteroatoms. The number of halogens is 2. The van der Waals surface area contributed by atoms with Gasteiger partial charge in [-0.25, -0.2) is 0 Å². The number of ether oxygens (including phenoxy) is 1. The van der Waals surface area contributed by atoms with E-state index in [1.54, 1.807) is 0 Å². The molecule has 0 aromatic heterocycles. The van der Waals surface area contributed by atoms with Crippen molar-refractivity contribution in [2.45, 2.75) is 31.0 Å². The SMILES string of the molecule is COC1=C(Cl)C(C)([O-])C([O-])=C(Cl)C1([O-])C#CCCCO.[Li+].[Li+].[Li+]. The van der Waals surface area contributed by atoms with Gasteiger partial charge in [0.25, 0.3) is 0 Å². The summed E-state index contributed by atoms with van der Waals surface area (Å²) in [4.78, 5) is 0. The quantitative estimate of drug-likeness (QED) is 0.312. The number of aliphatic hydroxyl groups excluding tert-OH is 1. The van der Waals surface area contributed by atoms with Crippen molar-refractivity contribution in [2.24, 2.45) is 0 Å². The monoisotopic (exact) mass is 340 g/mol. The Morgan fingerprint density at radius 2 is 1.70 bits per heavy atom. The van der Waals surface area contributed by atoms with Crippen molar-refractivity contribution >= 4 is 23.2 Å². The predicted molar refractivity (Wildman–Crippen MR) is 68.0 cm³/mol. The molecule has 0 aliphatic heterocycles. The van der Waals surface area contributed by atoms with Gasteiger partial charge in [0.1, 0.15) is 5.76 Å². The standard InChI is InChI=1S/C13H14Cl2O5.3Li/c1-12(18)9(15)11(20-2)13(19,8(14)10(12)17)6-4-3-5-7-16;;;/h16-17H,3,5,7H2,1-2H3;;;/q-2;3*+1/p-1. The zero-order valence-corrected chi connectivity index (χ0v) is 15.5. The van der Waals surface area contributed by atoms with E-state index in [-0.39, 0.29) is 69.6 Å². The van der Waals surface area contributed by atoms with Crippen LogP contribution in [0.25, 0.3) is 0 Å². The van der Waals surface area contributed by atoms with Crippen LogP contribution in [0.3, 0.4) is 0 Å². The van der Waals surface area contributed by atoms with Crippen LogP contribution in [-0.4, -0.2) is 30.0 Å². The summed E-state index contributed by atoms with van der Waals surface area (Å²) >= 11 is 11.5. The van der Waals surface area contributed by atoms with Crippen molar-refractivity contribution in [1.29, 1.82) is 0 Å². The molecule has 0 fully saturated rings. The minimum atomic E-state index is -2.48. The van der Waals surface area contributed by atoms with Crippen LogP contribution in [0.4, 0.5) is 0 Å². The minimum Gasteiger partial charge on any atom is -0.875 e. The number of aliphatic hydroxyl groups is 1. The fourth-order valence-corrected chi connectivity index (χ4v) is 2.25. The summed E-state index contributed by atoms with van der Waals surface area (Å²) in [6.45, 7) is 0.932. The summed E-state index contributed by atoms with van der Waals surface area (Å²) in [6, 6.07) is 0. The molecule has 2 unspecified atom stereocenters. The summed E-state index contributed by atoms with van der Waals surface area (Å²) < 4.78 is 4.86. The maximum absolute atomic E-state index is 12.7. The van der Waals surface area contributed by atoms with Crippen LogP contribution in [0.2, 0.25) is 0 Å². The third kappa shape index (κ3) is 5.69. The second kappa shape index (κ2) is 11.5. The fraction of sp³-hybridized carbons (Fsp3) is 0.538. The average molecular weight is 341 g/mol. The number of methoxy groups -OCH3 is 1. The Morgan fingerprint density at radius 1 is 1.17 bits per heavy atom. The van der Waals surface area contributed by atoms with Gasteiger partial charge in [-0.05, 0) is 6.42 Å². The summed E-state index contributed by atoms with van der Waals surface area (Å²) in [5, 5.41) is 43.9. The number of unbranched alkanes of at least 4 members (excludes halogenated alkanes) is 1. The maximum Gasteiger partial charge on any atom is 1.00 e. The molecule has 2 atom stereocenters. The van der Waals surface area contributed by atoms with Gasteiger partial charge in [0.05, 0.1) is 7.11 Å². The smallest absolute Gasteiger partial charge is 0.875 e. The van der Waals surface area contributed by atoms with Gasteiger partial charge in [0, 0.05) is 28.7 Å². The van der Waals surface area contributed by atoms with E-state index in [2.05, 4.69) is 11.8 Å². The van der Waals surface area contributed by atoms with Crippen LogP contribution in [-0.2, 0) is 4.74 Å². The molecule has 0 saturated carbocycles. The molecule has 1 rings (SSSR count). The Bertz CT molecular complexity index is 525. The summed E-state index contributed by atoms with van der Waals surface area (Å²) in [7, 11) is 1.15. The normalized spacial score (nSPS) is 26.2. The van der Waals surface area contributed by atoms with E-state index in [1.165, 1.54) is 0 Å². The number of rotatable bonds is 3. The molecular formula is C13H13Cl2Li3O5. The van der Waals surface area contributed by atoms with Crippen LogP contribution >= 0.6 is 23.2 Å². The van der Waals surface area contributed by atoms with Crippen molar-refractivity contribution in [3.05, 3.63) is 21.6 Å². The van der Waals surface area contributed by atoms with Crippen LogP contribution in [0.15, 0.2) is 21.6 Å².